The van der Waals surface area contributed by atoms with E-state index in [0.29, 0.717) is 5.82 Å². The fourth-order valence-corrected chi connectivity index (χ4v) is 0.589. The standard InChI is InChI=1S/C6H6N4O/c1-4-8-6(11-3)5(7-2)10-9-4/h1,3H3. The van der Waals surface area contributed by atoms with Gasteiger partial charge in [-0.25, -0.2) is 4.98 Å². The summed E-state index contributed by atoms with van der Waals surface area (Å²) in [4.78, 5) is 6.92. The van der Waals surface area contributed by atoms with E-state index in [9.17, 15) is 0 Å². The second-order valence-electron chi connectivity index (χ2n) is 1.80. The summed E-state index contributed by atoms with van der Waals surface area (Å²) in [6.07, 6.45) is 0. The van der Waals surface area contributed by atoms with E-state index >= 15 is 0 Å². The summed E-state index contributed by atoms with van der Waals surface area (Å²) in [5.41, 5.74) is 0. The summed E-state index contributed by atoms with van der Waals surface area (Å²) in [7, 11) is 1.44. The van der Waals surface area contributed by atoms with E-state index in [1.54, 1.807) is 6.92 Å². The molecule has 0 fully saturated rings. The van der Waals surface area contributed by atoms with Crippen LogP contribution in [0.5, 0.6) is 5.88 Å². The Bertz CT molecular complexity index is 304. The lowest BCUT2D eigenvalue weighted by Crippen LogP contribution is -1.95. The van der Waals surface area contributed by atoms with Crippen molar-refractivity contribution in [2.45, 2.75) is 6.92 Å². The molecule has 0 saturated heterocycles. The third kappa shape index (κ3) is 1.41. The Morgan fingerprint density at radius 3 is 2.73 bits per heavy atom. The second kappa shape index (κ2) is 2.92. The molecule has 1 aromatic rings. The number of nitrogens with zero attached hydrogens (tertiary/aromatic N) is 4. The lowest BCUT2D eigenvalue weighted by molar-refractivity contribution is 0.395. The first-order valence-electron chi connectivity index (χ1n) is 2.90. The van der Waals surface area contributed by atoms with Gasteiger partial charge in [0, 0.05) is 5.10 Å². The van der Waals surface area contributed by atoms with Crippen molar-refractivity contribution in [1.82, 2.24) is 15.2 Å². The molecule has 0 spiro atoms. The van der Waals surface area contributed by atoms with Gasteiger partial charge in [-0.2, -0.15) is 0 Å². The van der Waals surface area contributed by atoms with Crippen molar-refractivity contribution in [2.24, 2.45) is 0 Å². The summed E-state index contributed by atoms with van der Waals surface area (Å²) in [6.45, 7) is 8.34. The van der Waals surface area contributed by atoms with Crippen LogP contribution in [0.1, 0.15) is 5.82 Å². The number of hydrogen-bond donors (Lipinski definition) is 0. The van der Waals surface area contributed by atoms with Crippen LogP contribution in [0, 0.1) is 13.5 Å². The van der Waals surface area contributed by atoms with Gasteiger partial charge < -0.3 is 9.58 Å². The number of methoxy groups -OCH3 is 1. The van der Waals surface area contributed by atoms with Crippen molar-refractivity contribution in [2.75, 3.05) is 7.11 Å². The number of aromatic nitrogens is 3. The number of ether oxygens (including phenoxy) is 1. The Morgan fingerprint density at radius 2 is 2.18 bits per heavy atom. The smallest absolute Gasteiger partial charge is 0.357 e. The third-order valence-electron chi connectivity index (χ3n) is 1.04. The van der Waals surface area contributed by atoms with Crippen LogP contribution in [0.4, 0.5) is 5.82 Å². The highest BCUT2D eigenvalue weighted by Gasteiger charge is 2.06. The molecule has 0 atom stereocenters. The van der Waals surface area contributed by atoms with Crippen LogP contribution in [0.25, 0.3) is 4.85 Å². The number of aryl methyl sites for hydroxylation is 1. The molecule has 0 aliphatic heterocycles. The predicted octanol–water partition coefficient (Wildman–Crippen LogP) is 0.739. The van der Waals surface area contributed by atoms with Gasteiger partial charge in [0.05, 0.1) is 7.11 Å². The fraction of sp³-hybridized carbons (Fsp3) is 0.333. The first-order chi connectivity index (χ1) is 5.27. The molecular weight excluding hydrogens is 144 g/mol. The molecule has 0 aliphatic rings. The van der Waals surface area contributed by atoms with Crippen LogP contribution in [0.2, 0.25) is 0 Å². The van der Waals surface area contributed by atoms with Crippen LogP contribution in [0.3, 0.4) is 0 Å². The van der Waals surface area contributed by atoms with Gasteiger partial charge in [-0.3, -0.25) is 0 Å². The summed E-state index contributed by atoms with van der Waals surface area (Å²) in [6, 6.07) is 0. The maximum absolute atomic E-state index is 6.66. The Hall–Kier alpha value is -1.70. The molecule has 5 nitrogen and oxygen atoms in total. The molecule has 1 aromatic heterocycles. The summed E-state index contributed by atoms with van der Waals surface area (Å²) < 4.78 is 4.79. The summed E-state index contributed by atoms with van der Waals surface area (Å²) in [5.74, 6) is 0.819. The average molecular weight is 150 g/mol. The van der Waals surface area contributed by atoms with Crippen LogP contribution in [-0.4, -0.2) is 22.3 Å². The lowest BCUT2D eigenvalue weighted by atomic mass is 10.6. The zero-order valence-electron chi connectivity index (χ0n) is 6.20. The van der Waals surface area contributed by atoms with Crippen molar-refractivity contribution < 1.29 is 4.74 Å². The minimum absolute atomic E-state index is 0.0955. The first kappa shape index (κ1) is 7.41. The Balaban J connectivity index is 3.19. The molecule has 56 valence electrons. The Morgan fingerprint density at radius 1 is 1.45 bits per heavy atom. The summed E-state index contributed by atoms with van der Waals surface area (Å²) in [5, 5.41) is 7.18. The quantitative estimate of drug-likeness (QED) is 0.554. The second-order valence-corrected chi connectivity index (χ2v) is 1.80. The van der Waals surface area contributed by atoms with E-state index in [4.69, 9.17) is 11.3 Å². The molecule has 0 radical (unpaired) electrons. The number of hydrogen-bond acceptors (Lipinski definition) is 4. The summed E-state index contributed by atoms with van der Waals surface area (Å²) >= 11 is 0. The highest BCUT2D eigenvalue weighted by atomic mass is 16.5. The molecular formula is C6H6N4O. The molecule has 0 N–H and O–H groups in total. The van der Waals surface area contributed by atoms with Gasteiger partial charge >= 0.3 is 5.82 Å². The van der Waals surface area contributed by atoms with E-state index in [0.717, 1.165) is 0 Å². The molecule has 0 aliphatic carbocycles. The molecule has 1 rings (SSSR count). The van der Waals surface area contributed by atoms with Crippen LogP contribution in [0.15, 0.2) is 0 Å². The largest absolute Gasteiger partial charge is 0.488 e. The predicted molar refractivity (Wildman–Crippen MR) is 37.4 cm³/mol. The third-order valence-corrected chi connectivity index (χ3v) is 1.04. The van der Waals surface area contributed by atoms with Gasteiger partial charge in [-0.1, -0.05) is 6.57 Å². The Kier molecular flexibility index (Phi) is 1.97. The molecule has 1 heterocycles. The van der Waals surface area contributed by atoms with E-state index in [1.807, 2.05) is 0 Å². The van der Waals surface area contributed by atoms with Crippen LogP contribution in [-0.2, 0) is 0 Å². The van der Waals surface area contributed by atoms with E-state index in [1.165, 1.54) is 7.11 Å². The molecule has 0 unspecified atom stereocenters. The first-order valence-corrected chi connectivity index (χ1v) is 2.90. The molecule has 0 saturated carbocycles. The van der Waals surface area contributed by atoms with Gasteiger partial charge in [0.2, 0.25) is 5.88 Å². The number of rotatable bonds is 1. The van der Waals surface area contributed by atoms with E-state index in [-0.39, 0.29) is 11.7 Å². The Labute approximate surface area is 63.9 Å². The molecule has 0 amide bonds. The highest BCUT2D eigenvalue weighted by Crippen LogP contribution is 2.19. The topological polar surface area (TPSA) is 52.3 Å². The van der Waals surface area contributed by atoms with Crippen molar-refractivity contribution in [3.05, 3.63) is 17.2 Å². The fourth-order valence-electron chi connectivity index (χ4n) is 0.589. The van der Waals surface area contributed by atoms with Gasteiger partial charge in [0.15, 0.2) is 5.82 Å². The maximum atomic E-state index is 6.66. The van der Waals surface area contributed by atoms with E-state index in [2.05, 4.69) is 20.0 Å². The molecule has 0 bridgehead atoms. The minimum atomic E-state index is 0.0955. The van der Waals surface area contributed by atoms with Crippen LogP contribution < -0.4 is 4.74 Å². The van der Waals surface area contributed by atoms with Gasteiger partial charge in [-0.05, 0) is 12.0 Å². The normalized spacial score (nSPS) is 8.82. The van der Waals surface area contributed by atoms with Crippen LogP contribution >= 0.6 is 0 Å². The molecule has 5 heteroatoms. The molecule has 11 heavy (non-hydrogen) atoms. The SMILES string of the molecule is [C-]#[N+]c1nnc(C)nc1OC. The van der Waals surface area contributed by atoms with Crippen molar-refractivity contribution in [3.63, 3.8) is 0 Å². The monoisotopic (exact) mass is 150 g/mol. The zero-order chi connectivity index (χ0) is 8.27. The highest BCUT2D eigenvalue weighted by molar-refractivity contribution is 5.44. The van der Waals surface area contributed by atoms with Crippen molar-refractivity contribution >= 4 is 5.82 Å². The van der Waals surface area contributed by atoms with Gasteiger partial charge in [0.25, 0.3) is 0 Å². The van der Waals surface area contributed by atoms with Crippen molar-refractivity contribution in [3.8, 4) is 5.88 Å². The van der Waals surface area contributed by atoms with Gasteiger partial charge in [-0.15, -0.1) is 0 Å². The molecule has 0 aromatic carbocycles. The van der Waals surface area contributed by atoms with Gasteiger partial charge in [0.1, 0.15) is 0 Å². The zero-order valence-corrected chi connectivity index (χ0v) is 6.20. The average Bonchev–Trinajstić information content (AvgIpc) is 2.04. The van der Waals surface area contributed by atoms with Crippen molar-refractivity contribution in [1.29, 1.82) is 0 Å². The minimum Gasteiger partial charge on any atom is -0.488 e. The maximum Gasteiger partial charge on any atom is 0.357 e. The lowest BCUT2D eigenvalue weighted by Gasteiger charge is -1.97. The van der Waals surface area contributed by atoms with E-state index < -0.39 is 0 Å².